The first kappa shape index (κ1) is 22.9. The fourth-order valence-corrected chi connectivity index (χ4v) is 3.67. The van der Waals surface area contributed by atoms with Crippen molar-refractivity contribution in [3.05, 3.63) is 41.7 Å². The molecular formula is C20H30N6O2S. The molecule has 2 aromatic rings. The van der Waals surface area contributed by atoms with Crippen LogP contribution in [0.4, 0.5) is 4.79 Å². The molecule has 0 saturated heterocycles. The van der Waals surface area contributed by atoms with Crippen molar-refractivity contribution < 1.29 is 9.59 Å². The van der Waals surface area contributed by atoms with E-state index in [0.717, 1.165) is 24.2 Å². The van der Waals surface area contributed by atoms with Crippen molar-refractivity contribution in [2.75, 3.05) is 26.4 Å². The second-order valence-corrected chi connectivity index (χ2v) is 7.84. The topological polar surface area (TPSA) is 92.2 Å². The van der Waals surface area contributed by atoms with E-state index in [0.29, 0.717) is 18.2 Å². The highest BCUT2D eigenvalue weighted by molar-refractivity contribution is 7.99. The molecule has 1 atom stereocenters. The monoisotopic (exact) mass is 418 g/mol. The number of thioether (sulfide) groups is 1. The highest BCUT2D eigenvalue weighted by Gasteiger charge is 2.22. The van der Waals surface area contributed by atoms with E-state index in [1.807, 2.05) is 39.2 Å². The SMILES string of the molecule is CCCNC(=O)NC(=O)CSc1nnc([C@@H](CC)N(C)C)n1Cc1ccccc1. The molecule has 1 heterocycles. The molecule has 2 rings (SSSR count). The molecule has 2 N–H and O–H groups in total. The second-order valence-electron chi connectivity index (χ2n) is 6.89. The van der Waals surface area contributed by atoms with Gasteiger partial charge in [-0.2, -0.15) is 0 Å². The number of carbonyl (C=O) groups excluding carboxylic acids is 2. The summed E-state index contributed by atoms with van der Waals surface area (Å²) in [5.74, 6) is 0.592. The number of urea groups is 1. The van der Waals surface area contributed by atoms with E-state index in [-0.39, 0.29) is 17.7 Å². The van der Waals surface area contributed by atoms with Crippen molar-refractivity contribution >= 4 is 23.7 Å². The van der Waals surface area contributed by atoms with Crippen LogP contribution in [-0.2, 0) is 11.3 Å². The lowest BCUT2D eigenvalue weighted by Gasteiger charge is -2.23. The fraction of sp³-hybridized carbons (Fsp3) is 0.500. The molecular weight excluding hydrogens is 388 g/mol. The zero-order valence-corrected chi connectivity index (χ0v) is 18.3. The normalized spacial score (nSPS) is 12.0. The Labute approximate surface area is 176 Å². The number of carbonyl (C=O) groups is 2. The van der Waals surface area contributed by atoms with Crippen molar-refractivity contribution in [3.63, 3.8) is 0 Å². The maximum absolute atomic E-state index is 12.1. The van der Waals surface area contributed by atoms with E-state index in [1.165, 1.54) is 11.8 Å². The third kappa shape index (κ3) is 6.86. The smallest absolute Gasteiger partial charge is 0.321 e. The van der Waals surface area contributed by atoms with Crippen LogP contribution in [0, 0.1) is 0 Å². The zero-order valence-electron chi connectivity index (χ0n) is 17.5. The number of imide groups is 1. The summed E-state index contributed by atoms with van der Waals surface area (Å²) >= 11 is 1.28. The minimum atomic E-state index is -0.470. The molecule has 8 nitrogen and oxygen atoms in total. The molecule has 0 aliphatic carbocycles. The number of rotatable bonds is 10. The van der Waals surface area contributed by atoms with Gasteiger partial charge in [-0.05, 0) is 32.5 Å². The van der Waals surface area contributed by atoms with Crippen LogP contribution in [0.1, 0.15) is 44.1 Å². The Morgan fingerprint density at radius 2 is 1.90 bits per heavy atom. The van der Waals surface area contributed by atoms with Crippen LogP contribution in [0.25, 0.3) is 0 Å². The highest BCUT2D eigenvalue weighted by atomic mass is 32.2. The van der Waals surface area contributed by atoms with Gasteiger partial charge < -0.3 is 9.88 Å². The summed E-state index contributed by atoms with van der Waals surface area (Å²) in [6, 6.07) is 9.74. The van der Waals surface area contributed by atoms with Crippen molar-refractivity contribution in [3.8, 4) is 0 Å². The minimum absolute atomic E-state index is 0.0885. The predicted molar refractivity (Wildman–Crippen MR) is 115 cm³/mol. The molecule has 0 bridgehead atoms. The van der Waals surface area contributed by atoms with Gasteiger partial charge in [0.25, 0.3) is 0 Å². The number of amides is 3. The largest absolute Gasteiger partial charge is 0.338 e. The molecule has 0 aliphatic rings. The first-order chi connectivity index (χ1) is 14.0. The Morgan fingerprint density at radius 3 is 2.52 bits per heavy atom. The van der Waals surface area contributed by atoms with Gasteiger partial charge in [0.1, 0.15) is 0 Å². The number of hydrogen-bond acceptors (Lipinski definition) is 6. The van der Waals surface area contributed by atoms with Crippen molar-refractivity contribution in [1.29, 1.82) is 0 Å². The van der Waals surface area contributed by atoms with Gasteiger partial charge in [-0.3, -0.25) is 15.0 Å². The van der Waals surface area contributed by atoms with Crippen molar-refractivity contribution in [2.45, 2.75) is 44.4 Å². The predicted octanol–water partition coefficient (Wildman–Crippen LogP) is 2.67. The summed E-state index contributed by atoms with van der Waals surface area (Å²) in [4.78, 5) is 25.9. The molecule has 0 fully saturated rings. The zero-order chi connectivity index (χ0) is 21.2. The molecule has 0 saturated carbocycles. The molecule has 0 spiro atoms. The Morgan fingerprint density at radius 1 is 1.17 bits per heavy atom. The van der Waals surface area contributed by atoms with E-state index in [2.05, 4.69) is 49.4 Å². The lowest BCUT2D eigenvalue weighted by atomic mass is 10.2. The summed E-state index contributed by atoms with van der Waals surface area (Å²) in [5.41, 5.74) is 1.13. The van der Waals surface area contributed by atoms with Crippen molar-refractivity contribution in [1.82, 2.24) is 30.3 Å². The van der Waals surface area contributed by atoms with Gasteiger partial charge in [0.05, 0.1) is 18.3 Å². The first-order valence-corrected chi connectivity index (χ1v) is 10.8. The summed E-state index contributed by atoms with van der Waals surface area (Å²) in [5, 5.41) is 14.4. The molecule has 29 heavy (non-hydrogen) atoms. The Bertz CT molecular complexity index is 794. The fourth-order valence-electron chi connectivity index (χ4n) is 2.92. The van der Waals surface area contributed by atoms with Gasteiger partial charge >= 0.3 is 6.03 Å². The van der Waals surface area contributed by atoms with E-state index >= 15 is 0 Å². The van der Waals surface area contributed by atoms with E-state index in [1.54, 1.807) is 0 Å². The van der Waals surface area contributed by atoms with Gasteiger partial charge in [0.2, 0.25) is 5.91 Å². The van der Waals surface area contributed by atoms with E-state index in [9.17, 15) is 9.59 Å². The number of aromatic nitrogens is 3. The molecule has 158 valence electrons. The van der Waals surface area contributed by atoms with Crippen LogP contribution >= 0.6 is 11.8 Å². The van der Waals surface area contributed by atoms with Crippen LogP contribution in [0.2, 0.25) is 0 Å². The van der Waals surface area contributed by atoms with Gasteiger partial charge in [-0.1, -0.05) is 55.9 Å². The van der Waals surface area contributed by atoms with E-state index in [4.69, 9.17) is 0 Å². The average molecular weight is 419 g/mol. The molecule has 3 amide bonds. The summed E-state index contributed by atoms with van der Waals surface area (Å²) in [6.07, 6.45) is 1.70. The molecule has 9 heteroatoms. The maximum Gasteiger partial charge on any atom is 0.321 e. The van der Waals surface area contributed by atoms with Gasteiger partial charge in [-0.25, -0.2) is 4.79 Å². The summed E-state index contributed by atoms with van der Waals surface area (Å²) in [6.45, 7) is 5.21. The third-order valence-electron chi connectivity index (χ3n) is 4.36. The maximum atomic E-state index is 12.1. The molecule has 0 radical (unpaired) electrons. The number of nitrogens with one attached hydrogen (secondary N) is 2. The Balaban J connectivity index is 2.15. The minimum Gasteiger partial charge on any atom is -0.338 e. The second kappa shape index (κ2) is 11.6. The Kier molecular flexibility index (Phi) is 9.14. The van der Waals surface area contributed by atoms with Crippen LogP contribution in [0.3, 0.4) is 0 Å². The lowest BCUT2D eigenvalue weighted by Crippen LogP contribution is -2.40. The molecule has 1 aromatic carbocycles. The highest BCUT2D eigenvalue weighted by Crippen LogP contribution is 2.26. The van der Waals surface area contributed by atoms with Crippen LogP contribution < -0.4 is 10.6 Å². The molecule has 0 aliphatic heterocycles. The standard InChI is InChI=1S/C20H30N6O2S/c1-5-12-21-19(28)22-17(27)14-29-20-24-23-18(16(6-2)25(3)4)26(20)13-15-10-8-7-9-11-15/h7-11,16H,5-6,12-14H2,1-4H3,(H2,21,22,27,28)/t16-/m1/s1. The average Bonchev–Trinajstić information content (AvgIpc) is 3.08. The van der Waals surface area contributed by atoms with Gasteiger partial charge in [0, 0.05) is 6.54 Å². The van der Waals surface area contributed by atoms with Crippen LogP contribution in [0.5, 0.6) is 0 Å². The quantitative estimate of drug-likeness (QED) is 0.577. The third-order valence-corrected chi connectivity index (χ3v) is 5.32. The number of nitrogens with zero attached hydrogens (tertiary/aromatic N) is 4. The molecule has 1 aromatic heterocycles. The lowest BCUT2D eigenvalue weighted by molar-refractivity contribution is -0.117. The summed E-state index contributed by atoms with van der Waals surface area (Å²) in [7, 11) is 4.04. The van der Waals surface area contributed by atoms with E-state index < -0.39 is 6.03 Å². The number of benzene rings is 1. The Hall–Kier alpha value is -2.39. The van der Waals surface area contributed by atoms with Gasteiger partial charge in [-0.15, -0.1) is 10.2 Å². The summed E-state index contributed by atoms with van der Waals surface area (Å²) < 4.78 is 2.05. The number of hydrogen-bond donors (Lipinski definition) is 2. The molecule has 0 unspecified atom stereocenters. The van der Waals surface area contributed by atoms with Crippen LogP contribution in [-0.4, -0.2) is 58.0 Å². The van der Waals surface area contributed by atoms with Crippen molar-refractivity contribution in [2.24, 2.45) is 0 Å². The first-order valence-electron chi connectivity index (χ1n) is 9.80. The van der Waals surface area contributed by atoms with Gasteiger partial charge in [0.15, 0.2) is 11.0 Å². The van der Waals surface area contributed by atoms with Crippen LogP contribution in [0.15, 0.2) is 35.5 Å².